The molecule has 4 rings (SSSR count). The predicted molar refractivity (Wildman–Crippen MR) is 131 cm³/mol. The second-order valence-electron chi connectivity index (χ2n) is 8.61. The second-order valence-corrected chi connectivity index (χ2v) is 8.61. The lowest BCUT2D eigenvalue weighted by atomic mass is 9.92. The van der Waals surface area contributed by atoms with E-state index in [1.54, 1.807) is 37.6 Å². The summed E-state index contributed by atoms with van der Waals surface area (Å²) in [6.45, 7) is 1.87. The van der Waals surface area contributed by atoms with Crippen LogP contribution in [0.3, 0.4) is 0 Å². The molecule has 176 valence electrons. The molecule has 7 nitrogen and oxygen atoms in total. The number of aryl methyl sites for hydroxylation is 1. The third kappa shape index (κ3) is 5.43. The molecule has 0 aliphatic heterocycles. The second kappa shape index (κ2) is 10.5. The molecular formula is C27H29N3O4. The number of amides is 2. The van der Waals surface area contributed by atoms with Gasteiger partial charge >= 0.3 is 0 Å². The zero-order valence-electron chi connectivity index (χ0n) is 19.4. The van der Waals surface area contributed by atoms with Crippen LogP contribution in [0.2, 0.25) is 0 Å². The van der Waals surface area contributed by atoms with Gasteiger partial charge in [0.25, 0.3) is 11.8 Å². The lowest BCUT2D eigenvalue weighted by Crippen LogP contribution is -2.45. The molecule has 0 unspecified atom stereocenters. The molecule has 3 aromatic rings. The van der Waals surface area contributed by atoms with Gasteiger partial charge in [0, 0.05) is 29.2 Å². The standard InChI is InChI=1S/C27H29N3O4/c1-17-7-8-19(26(32)29-23-5-3-4-6-25(23)31)14-24(17)30-27(33)21-13-20(15-28-16-21)18-9-11-22(34-2)12-10-18/h7-16,23,25,31H,3-6H2,1-2H3,(H,29,32)(H,30,33)/t23-,25-/m0/s1. The van der Waals surface area contributed by atoms with Crippen molar-refractivity contribution in [1.29, 1.82) is 0 Å². The van der Waals surface area contributed by atoms with E-state index in [4.69, 9.17) is 4.74 Å². The number of nitrogens with zero attached hydrogens (tertiary/aromatic N) is 1. The highest BCUT2D eigenvalue weighted by atomic mass is 16.5. The highest BCUT2D eigenvalue weighted by molar-refractivity contribution is 6.06. The molecule has 3 N–H and O–H groups in total. The van der Waals surface area contributed by atoms with Crippen LogP contribution in [0.25, 0.3) is 11.1 Å². The predicted octanol–water partition coefficient (Wildman–Crippen LogP) is 4.35. The first-order valence-electron chi connectivity index (χ1n) is 11.4. The van der Waals surface area contributed by atoms with Crippen molar-refractivity contribution in [2.24, 2.45) is 0 Å². The summed E-state index contributed by atoms with van der Waals surface area (Å²) in [5.41, 5.74) is 3.96. The van der Waals surface area contributed by atoms with Gasteiger partial charge in [-0.15, -0.1) is 0 Å². The fraction of sp³-hybridized carbons (Fsp3) is 0.296. The molecular weight excluding hydrogens is 430 g/mol. The Kier molecular flexibility index (Phi) is 7.23. The lowest BCUT2D eigenvalue weighted by molar-refractivity contribution is 0.0717. The highest BCUT2D eigenvalue weighted by Gasteiger charge is 2.25. The van der Waals surface area contributed by atoms with Crippen molar-refractivity contribution in [3.05, 3.63) is 77.6 Å². The van der Waals surface area contributed by atoms with E-state index in [9.17, 15) is 14.7 Å². The van der Waals surface area contributed by atoms with Crippen LogP contribution >= 0.6 is 0 Å². The molecule has 0 spiro atoms. The Labute approximate surface area is 199 Å². The van der Waals surface area contributed by atoms with E-state index >= 15 is 0 Å². The Balaban J connectivity index is 1.49. The number of aromatic nitrogens is 1. The molecule has 7 heteroatoms. The van der Waals surface area contributed by atoms with Crippen molar-refractivity contribution in [2.45, 2.75) is 44.8 Å². The zero-order valence-corrected chi connectivity index (χ0v) is 19.4. The van der Waals surface area contributed by atoms with Crippen LogP contribution in [-0.4, -0.2) is 41.2 Å². The van der Waals surface area contributed by atoms with Gasteiger partial charge in [-0.05, 0) is 61.2 Å². The van der Waals surface area contributed by atoms with Crippen LogP contribution in [0, 0.1) is 6.92 Å². The van der Waals surface area contributed by atoms with Gasteiger partial charge in [0.05, 0.1) is 24.8 Å². The van der Waals surface area contributed by atoms with Crippen LogP contribution in [0.1, 0.15) is 52.0 Å². The van der Waals surface area contributed by atoms with Crippen molar-refractivity contribution >= 4 is 17.5 Å². The normalized spacial score (nSPS) is 17.6. The first kappa shape index (κ1) is 23.4. The van der Waals surface area contributed by atoms with Gasteiger partial charge in [-0.25, -0.2) is 0 Å². The van der Waals surface area contributed by atoms with Crippen molar-refractivity contribution < 1.29 is 19.4 Å². The van der Waals surface area contributed by atoms with Crippen molar-refractivity contribution in [1.82, 2.24) is 10.3 Å². The Morgan fingerprint density at radius 2 is 1.71 bits per heavy atom. The van der Waals surface area contributed by atoms with Gasteiger partial charge in [-0.3, -0.25) is 14.6 Å². The third-order valence-electron chi connectivity index (χ3n) is 6.22. The number of hydrogen-bond donors (Lipinski definition) is 3. The number of nitrogens with one attached hydrogen (secondary N) is 2. The minimum Gasteiger partial charge on any atom is -0.497 e. The molecule has 2 aromatic carbocycles. The summed E-state index contributed by atoms with van der Waals surface area (Å²) in [5.74, 6) is 0.179. The minimum atomic E-state index is -0.521. The van der Waals surface area contributed by atoms with Gasteiger partial charge in [-0.1, -0.05) is 31.0 Å². The van der Waals surface area contributed by atoms with Gasteiger partial charge in [0.1, 0.15) is 5.75 Å². The van der Waals surface area contributed by atoms with Crippen LogP contribution in [0.5, 0.6) is 5.75 Å². The molecule has 0 bridgehead atoms. The van der Waals surface area contributed by atoms with E-state index in [-0.39, 0.29) is 17.9 Å². The number of carbonyl (C=O) groups is 2. The molecule has 1 aliphatic rings. The van der Waals surface area contributed by atoms with E-state index in [1.165, 1.54) is 6.20 Å². The Hall–Kier alpha value is -3.71. The van der Waals surface area contributed by atoms with Crippen molar-refractivity contribution in [3.63, 3.8) is 0 Å². The van der Waals surface area contributed by atoms with E-state index in [0.717, 1.165) is 41.7 Å². The molecule has 0 radical (unpaired) electrons. The number of rotatable bonds is 6. The highest BCUT2D eigenvalue weighted by Crippen LogP contribution is 2.24. The van der Waals surface area contributed by atoms with Gasteiger partial charge < -0.3 is 20.5 Å². The number of carbonyl (C=O) groups excluding carboxylic acids is 2. The maximum Gasteiger partial charge on any atom is 0.257 e. The summed E-state index contributed by atoms with van der Waals surface area (Å²) in [6, 6.07) is 14.3. The van der Waals surface area contributed by atoms with Crippen LogP contribution in [0.15, 0.2) is 60.9 Å². The molecule has 1 heterocycles. The van der Waals surface area contributed by atoms with E-state index in [1.807, 2.05) is 31.2 Å². The maximum absolute atomic E-state index is 13.0. The van der Waals surface area contributed by atoms with Crippen molar-refractivity contribution in [3.8, 4) is 16.9 Å². The molecule has 1 saturated carbocycles. The first-order chi connectivity index (χ1) is 16.4. The monoisotopic (exact) mass is 459 g/mol. The Bertz CT molecular complexity index is 1180. The number of aliphatic hydroxyl groups excluding tert-OH is 1. The van der Waals surface area contributed by atoms with Crippen LogP contribution < -0.4 is 15.4 Å². The molecule has 1 aromatic heterocycles. The maximum atomic E-state index is 13.0. The number of anilines is 1. The van der Waals surface area contributed by atoms with Crippen LogP contribution in [0.4, 0.5) is 5.69 Å². The smallest absolute Gasteiger partial charge is 0.257 e. The van der Waals surface area contributed by atoms with Gasteiger partial charge in [0.2, 0.25) is 0 Å². The third-order valence-corrected chi connectivity index (χ3v) is 6.22. The Morgan fingerprint density at radius 3 is 2.44 bits per heavy atom. The topological polar surface area (TPSA) is 101 Å². The number of methoxy groups -OCH3 is 1. The van der Waals surface area contributed by atoms with Crippen LogP contribution in [-0.2, 0) is 0 Å². The molecule has 2 amide bonds. The zero-order chi connectivity index (χ0) is 24.1. The summed E-state index contributed by atoms with van der Waals surface area (Å²) < 4.78 is 5.20. The van der Waals surface area contributed by atoms with E-state index in [2.05, 4.69) is 15.6 Å². The number of ether oxygens (including phenoxy) is 1. The minimum absolute atomic E-state index is 0.243. The van der Waals surface area contributed by atoms with E-state index in [0.29, 0.717) is 23.2 Å². The average Bonchev–Trinajstić information content (AvgIpc) is 2.86. The lowest BCUT2D eigenvalue weighted by Gasteiger charge is -2.28. The fourth-order valence-electron chi connectivity index (χ4n) is 4.13. The molecule has 1 fully saturated rings. The summed E-state index contributed by atoms with van der Waals surface area (Å²) in [4.78, 5) is 30.0. The number of pyridine rings is 1. The number of hydrogen-bond acceptors (Lipinski definition) is 5. The number of benzene rings is 2. The SMILES string of the molecule is COc1ccc(-c2cncc(C(=O)Nc3cc(C(=O)N[C@H]4CCCC[C@@H]4O)ccc3C)c2)cc1. The number of aliphatic hydroxyl groups is 1. The Morgan fingerprint density at radius 1 is 0.941 bits per heavy atom. The summed E-state index contributed by atoms with van der Waals surface area (Å²) in [7, 11) is 1.61. The van der Waals surface area contributed by atoms with Gasteiger partial charge in [-0.2, -0.15) is 0 Å². The molecule has 0 saturated heterocycles. The van der Waals surface area contributed by atoms with E-state index < -0.39 is 6.10 Å². The van der Waals surface area contributed by atoms with Crippen molar-refractivity contribution in [2.75, 3.05) is 12.4 Å². The average molecular weight is 460 g/mol. The molecule has 34 heavy (non-hydrogen) atoms. The summed E-state index contributed by atoms with van der Waals surface area (Å²) >= 11 is 0. The fourth-order valence-corrected chi connectivity index (χ4v) is 4.13. The largest absolute Gasteiger partial charge is 0.497 e. The van der Waals surface area contributed by atoms with Gasteiger partial charge in [0.15, 0.2) is 0 Å². The summed E-state index contributed by atoms with van der Waals surface area (Å²) in [5, 5.41) is 16.0. The quantitative estimate of drug-likeness (QED) is 0.509. The summed E-state index contributed by atoms with van der Waals surface area (Å²) in [6.07, 6.45) is 6.12. The first-order valence-corrected chi connectivity index (χ1v) is 11.4. The molecule has 2 atom stereocenters. The molecule has 1 aliphatic carbocycles.